The van der Waals surface area contributed by atoms with Gasteiger partial charge in [0.1, 0.15) is 17.3 Å². The van der Waals surface area contributed by atoms with Crippen molar-refractivity contribution in [3.8, 4) is 17.6 Å². The van der Waals surface area contributed by atoms with Crippen LogP contribution in [0.3, 0.4) is 0 Å². The highest BCUT2D eigenvalue weighted by molar-refractivity contribution is 5.95. The van der Waals surface area contributed by atoms with Gasteiger partial charge in [-0.2, -0.15) is 4.99 Å². The number of pyridine rings is 1. The van der Waals surface area contributed by atoms with Crippen LogP contribution in [0, 0.1) is 17.7 Å². The summed E-state index contributed by atoms with van der Waals surface area (Å²) in [6.07, 6.45) is 1.71. The molecule has 43 heavy (non-hydrogen) atoms. The molecule has 10 nitrogen and oxygen atoms in total. The maximum Gasteiger partial charge on any atom is 0.280 e. The number of hydrogen-bond donors (Lipinski definition) is 3. The van der Waals surface area contributed by atoms with Gasteiger partial charge < -0.3 is 24.7 Å². The molecule has 3 N–H and O–H groups in total. The molecule has 0 aliphatic carbocycles. The molecule has 11 heteroatoms. The number of fused-ring (bicyclic) bond motifs is 1. The van der Waals surface area contributed by atoms with Crippen LogP contribution >= 0.6 is 0 Å². The Hall–Kier alpha value is -4.63. The second-order valence-electron chi connectivity index (χ2n) is 11.3. The van der Waals surface area contributed by atoms with Crippen molar-refractivity contribution in [2.75, 3.05) is 33.2 Å². The predicted molar refractivity (Wildman–Crippen MR) is 159 cm³/mol. The number of aromatic nitrogens is 3. The Kier molecular flexibility index (Phi) is 8.54. The SMILES string of the molecule is CN1CCN(Cc2ccc3[nH]/c(=N\C(=O)c4ccnc(C#Cc5c(F)ccc(O)c5C=O)c4)n(CC(C)(C)O)c3c2)CC1. The van der Waals surface area contributed by atoms with Crippen LogP contribution in [0.2, 0.25) is 0 Å². The molecule has 0 radical (unpaired) electrons. The first kappa shape index (κ1) is 29.8. The van der Waals surface area contributed by atoms with E-state index in [9.17, 15) is 24.2 Å². The molecule has 1 amide bonds. The van der Waals surface area contributed by atoms with E-state index in [0.717, 1.165) is 61.5 Å². The lowest BCUT2D eigenvalue weighted by molar-refractivity contribution is 0.0612. The number of piperazine rings is 1. The van der Waals surface area contributed by atoms with Gasteiger partial charge in [-0.1, -0.05) is 12.0 Å². The number of H-pyrrole nitrogens is 1. The zero-order valence-corrected chi connectivity index (χ0v) is 24.3. The Morgan fingerprint density at radius 2 is 1.91 bits per heavy atom. The summed E-state index contributed by atoms with van der Waals surface area (Å²) in [6, 6.07) is 11.1. The van der Waals surface area contributed by atoms with Crippen molar-refractivity contribution in [2.24, 2.45) is 4.99 Å². The lowest BCUT2D eigenvalue weighted by Gasteiger charge is -2.32. The molecule has 4 aromatic rings. The van der Waals surface area contributed by atoms with Crippen LogP contribution in [0.4, 0.5) is 4.39 Å². The Bertz CT molecular complexity index is 1820. The zero-order chi connectivity index (χ0) is 30.7. The van der Waals surface area contributed by atoms with Crippen LogP contribution in [0.15, 0.2) is 53.7 Å². The van der Waals surface area contributed by atoms with E-state index in [1.807, 2.05) is 6.07 Å². The molecule has 1 saturated heterocycles. The first-order valence-electron chi connectivity index (χ1n) is 13.9. The van der Waals surface area contributed by atoms with Crippen LogP contribution < -0.4 is 5.62 Å². The van der Waals surface area contributed by atoms with Gasteiger partial charge in [-0.25, -0.2) is 9.37 Å². The molecular formula is C32H33FN6O4. The summed E-state index contributed by atoms with van der Waals surface area (Å²) in [4.78, 5) is 41.0. The molecule has 1 fully saturated rings. The number of nitrogens with zero attached hydrogens (tertiary/aromatic N) is 5. The Morgan fingerprint density at radius 3 is 2.63 bits per heavy atom. The van der Waals surface area contributed by atoms with E-state index in [-0.39, 0.29) is 40.3 Å². The summed E-state index contributed by atoms with van der Waals surface area (Å²) in [5.41, 5.74) is 1.72. The van der Waals surface area contributed by atoms with Crippen molar-refractivity contribution < 1.29 is 24.2 Å². The predicted octanol–water partition coefficient (Wildman–Crippen LogP) is 2.68. The van der Waals surface area contributed by atoms with Crippen LogP contribution in [-0.2, 0) is 13.1 Å². The van der Waals surface area contributed by atoms with Crippen molar-refractivity contribution in [2.45, 2.75) is 32.5 Å². The third kappa shape index (κ3) is 7.06. The van der Waals surface area contributed by atoms with E-state index in [1.165, 1.54) is 18.3 Å². The van der Waals surface area contributed by atoms with E-state index in [0.29, 0.717) is 6.29 Å². The number of carbonyl (C=O) groups excluding carboxylic acids is 2. The van der Waals surface area contributed by atoms with E-state index in [2.05, 4.69) is 55.8 Å². The Morgan fingerprint density at radius 1 is 1.14 bits per heavy atom. The molecule has 222 valence electrons. The zero-order valence-electron chi connectivity index (χ0n) is 24.3. The number of hydrogen-bond acceptors (Lipinski definition) is 7. The normalized spacial score (nSPS) is 15.0. The number of imidazole rings is 1. The standard InChI is InChI=1S/C32H33FN6O4/c1-32(2,43)20-39-28-16-21(18-38-14-12-37(3)13-15-38)4-8-27(28)35-31(39)36-30(42)22-10-11-34-23(17-22)5-6-24-25(19-40)29(41)9-7-26(24)33/h4,7-11,16-17,19,41,43H,12-15,18,20H2,1-3H3,(H,35,36,42). The van der Waals surface area contributed by atoms with Gasteiger partial charge in [0, 0.05) is 44.5 Å². The number of carbonyl (C=O) groups is 2. The maximum atomic E-state index is 14.3. The molecule has 5 rings (SSSR count). The number of likely N-dealkylation sites (N-methyl/N-ethyl adjacent to an activating group) is 1. The summed E-state index contributed by atoms with van der Waals surface area (Å²) >= 11 is 0. The minimum atomic E-state index is -1.08. The third-order valence-electron chi connectivity index (χ3n) is 7.22. The van der Waals surface area contributed by atoms with E-state index < -0.39 is 17.3 Å². The molecule has 2 aromatic carbocycles. The topological polar surface area (TPSA) is 127 Å². The fourth-order valence-electron chi connectivity index (χ4n) is 4.95. The highest BCUT2D eigenvalue weighted by Crippen LogP contribution is 2.22. The fourth-order valence-corrected chi connectivity index (χ4v) is 4.95. The average molecular weight is 585 g/mol. The van der Waals surface area contributed by atoms with Gasteiger partial charge in [0.2, 0.25) is 5.62 Å². The van der Waals surface area contributed by atoms with Gasteiger partial charge in [-0.3, -0.25) is 14.5 Å². The number of benzene rings is 2. The van der Waals surface area contributed by atoms with Gasteiger partial charge in [-0.05, 0) is 68.8 Å². The van der Waals surface area contributed by atoms with Crippen molar-refractivity contribution >= 4 is 23.2 Å². The number of halogens is 1. The van der Waals surface area contributed by atoms with E-state index in [1.54, 1.807) is 18.4 Å². The summed E-state index contributed by atoms with van der Waals surface area (Å²) in [5, 5.41) is 20.5. The summed E-state index contributed by atoms with van der Waals surface area (Å²) < 4.78 is 16.1. The number of nitrogens with one attached hydrogen (secondary N) is 1. The number of aromatic amines is 1. The van der Waals surface area contributed by atoms with E-state index >= 15 is 0 Å². The van der Waals surface area contributed by atoms with Crippen LogP contribution in [0.25, 0.3) is 11.0 Å². The number of amides is 1. The molecule has 2 aromatic heterocycles. The number of phenols is 1. The second kappa shape index (κ2) is 12.3. The second-order valence-corrected chi connectivity index (χ2v) is 11.3. The van der Waals surface area contributed by atoms with Gasteiger partial charge in [0.25, 0.3) is 5.91 Å². The highest BCUT2D eigenvalue weighted by atomic mass is 19.1. The number of aromatic hydroxyl groups is 1. The molecular weight excluding hydrogens is 551 g/mol. The first-order valence-corrected chi connectivity index (χ1v) is 13.9. The smallest absolute Gasteiger partial charge is 0.280 e. The van der Waals surface area contributed by atoms with Crippen LogP contribution in [-0.4, -0.2) is 85.6 Å². The minimum Gasteiger partial charge on any atom is -0.507 e. The van der Waals surface area contributed by atoms with Crippen molar-refractivity contribution in [1.82, 2.24) is 24.3 Å². The van der Waals surface area contributed by atoms with Gasteiger partial charge >= 0.3 is 0 Å². The molecule has 0 bridgehead atoms. The number of aliphatic hydroxyl groups is 1. The largest absolute Gasteiger partial charge is 0.507 e. The summed E-state index contributed by atoms with van der Waals surface area (Å²) in [5.74, 6) is 3.45. The minimum absolute atomic E-state index is 0.148. The number of phenolic OH excluding ortho intramolecular Hbond substituents is 1. The molecule has 1 aliphatic heterocycles. The summed E-state index contributed by atoms with van der Waals surface area (Å²) in [6.45, 7) is 8.38. The van der Waals surface area contributed by atoms with Gasteiger partial charge in [-0.15, -0.1) is 0 Å². The highest BCUT2D eigenvalue weighted by Gasteiger charge is 2.19. The maximum absolute atomic E-state index is 14.3. The van der Waals surface area contributed by atoms with Crippen molar-refractivity contribution in [3.05, 3.63) is 88.0 Å². The first-order chi connectivity index (χ1) is 20.5. The van der Waals surface area contributed by atoms with E-state index in [4.69, 9.17) is 0 Å². The fraction of sp³-hybridized carbons (Fsp3) is 0.312. The van der Waals surface area contributed by atoms with Gasteiger partial charge in [0.05, 0.1) is 34.3 Å². The molecule has 0 saturated carbocycles. The molecule has 0 spiro atoms. The lowest BCUT2D eigenvalue weighted by Crippen LogP contribution is -2.43. The number of rotatable bonds is 6. The monoisotopic (exact) mass is 584 g/mol. The molecule has 0 unspecified atom stereocenters. The van der Waals surface area contributed by atoms with Crippen LogP contribution in [0.5, 0.6) is 5.75 Å². The summed E-state index contributed by atoms with van der Waals surface area (Å²) in [7, 11) is 2.12. The number of aldehydes is 1. The van der Waals surface area contributed by atoms with Crippen molar-refractivity contribution in [1.29, 1.82) is 0 Å². The van der Waals surface area contributed by atoms with Crippen LogP contribution in [0.1, 0.15) is 51.4 Å². The molecule has 3 heterocycles. The quantitative estimate of drug-likeness (QED) is 0.235. The average Bonchev–Trinajstić information content (AvgIpc) is 3.29. The molecule has 1 aliphatic rings. The van der Waals surface area contributed by atoms with Gasteiger partial charge in [0.15, 0.2) is 6.29 Å². The third-order valence-corrected chi connectivity index (χ3v) is 7.22. The van der Waals surface area contributed by atoms with Crippen molar-refractivity contribution in [3.63, 3.8) is 0 Å². The lowest BCUT2D eigenvalue weighted by atomic mass is 10.1. The molecule has 0 atom stereocenters. The Labute approximate surface area is 248 Å². The Balaban J connectivity index is 1.48.